The molecule has 18 heavy (non-hydrogen) atoms. The van der Waals surface area contributed by atoms with Crippen LogP contribution in [-0.2, 0) is 19.2 Å². The lowest BCUT2D eigenvalue weighted by atomic mass is 10.0. The second-order valence-electron chi connectivity index (χ2n) is 3.86. The van der Waals surface area contributed by atoms with Gasteiger partial charge in [0.05, 0.1) is 11.4 Å². The molecular formula is C12H15NO4S. The van der Waals surface area contributed by atoms with Gasteiger partial charge in [0.15, 0.2) is 6.29 Å². The van der Waals surface area contributed by atoms with Gasteiger partial charge < -0.3 is 0 Å². The van der Waals surface area contributed by atoms with Crippen LogP contribution in [0.1, 0.15) is 18.4 Å². The first-order valence-corrected chi connectivity index (χ1v) is 6.88. The third-order valence-electron chi connectivity index (χ3n) is 2.26. The van der Waals surface area contributed by atoms with E-state index in [-0.39, 0.29) is 17.4 Å². The molecule has 5 nitrogen and oxygen atoms in total. The number of hydroxylamine groups is 1. The van der Waals surface area contributed by atoms with E-state index in [0.29, 0.717) is 6.29 Å². The quantitative estimate of drug-likeness (QED) is 0.459. The molecule has 0 saturated carbocycles. The zero-order valence-corrected chi connectivity index (χ0v) is 10.8. The third kappa shape index (κ3) is 4.68. The Bertz CT molecular complexity index is 510. The van der Waals surface area contributed by atoms with E-state index in [1.165, 1.54) is 0 Å². The highest BCUT2D eigenvalue weighted by molar-refractivity contribution is 7.86. The molecule has 0 radical (unpaired) electrons. The highest BCUT2D eigenvalue weighted by Gasteiger charge is 2.18. The van der Waals surface area contributed by atoms with E-state index in [4.69, 9.17) is 0 Å². The molecule has 1 rings (SSSR count). The molecule has 1 atom stereocenters. The number of hydrogen-bond acceptors (Lipinski definition) is 5. The van der Waals surface area contributed by atoms with Crippen molar-refractivity contribution in [2.75, 3.05) is 5.75 Å². The summed E-state index contributed by atoms with van der Waals surface area (Å²) in [5.41, 5.74) is 2.73. The largest absolute Gasteiger partial charge is 0.296 e. The maximum Gasteiger partial charge on any atom is 0.288 e. The lowest BCUT2D eigenvalue weighted by Gasteiger charge is -2.12. The molecule has 0 spiro atoms. The van der Waals surface area contributed by atoms with Gasteiger partial charge >= 0.3 is 0 Å². The fraction of sp³-hybridized carbons (Fsp3) is 0.250. The fourth-order valence-electron chi connectivity index (χ4n) is 1.36. The van der Waals surface area contributed by atoms with Crippen molar-refractivity contribution in [2.24, 2.45) is 0 Å². The topological polar surface area (TPSA) is 72.5 Å². The van der Waals surface area contributed by atoms with E-state index < -0.39 is 10.1 Å². The Morgan fingerprint density at radius 2 is 2.06 bits per heavy atom. The van der Waals surface area contributed by atoms with E-state index in [2.05, 4.69) is 10.9 Å². The van der Waals surface area contributed by atoms with Gasteiger partial charge in [-0.05, 0) is 11.5 Å². The molecule has 0 bridgehead atoms. The van der Waals surface area contributed by atoms with Crippen LogP contribution in [0.4, 0.5) is 0 Å². The maximum atomic E-state index is 11.6. The van der Waals surface area contributed by atoms with Crippen molar-refractivity contribution in [3.8, 4) is 0 Å². The van der Waals surface area contributed by atoms with Crippen LogP contribution in [-0.4, -0.2) is 20.5 Å². The van der Waals surface area contributed by atoms with Gasteiger partial charge in [-0.25, -0.2) is 5.48 Å². The summed E-state index contributed by atoms with van der Waals surface area (Å²) in [4.78, 5) is 10.2. The van der Waals surface area contributed by atoms with E-state index in [0.717, 1.165) is 5.56 Å². The Balaban J connectivity index is 2.60. The predicted octanol–water partition coefficient (Wildman–Crippen LogP) is 1.35. The summed E-state index contributed by atoms with van der Waals surface area (Å²) in [7, 11) is -3.76. The second kappa shape index (κ2) is 6.32. The number of allylic oxidation sites excluding steroid dienone is 1. The molecule has 98 valence electrons. The van der Waals surface area contributed by atoms with Crippen LogP contribution in [0, 0.1) is 0 Å². The first-order chi connectivity index (χ1) is 8.44. The first-order valence-electron chi connectivity index (χ1n) is 5.31. The third-order valence-corrected chi connectivity index (χ3v) is 3.51. The van der Waals surface area contributed by atoms with E-state index in [9.17, 15) is 13.2 Å². The van der Waals surface area contributed by atoms with E-state index in [1.54, 1.807) is 6.92 Å². The normalized spacial score (nSPS) is 12.7. The molecule has 0 aliphatic carbocycles. The molecule has 0 heterocycles. The van der Waals surface area contributed by atoms with Gasteiger partial charge in [-0.3, -0.25) is 4.79 Å². The summed E-state index contributed by atoms with van der Waals surface area (Å²) >= 11 is 0. The molecule has 0 amide bonds. The Labute approximate surface area is 107 Å². The van der Waals surface area contributed by atoms with E-state index in [1.807, 2.05) is 35.8 Å². The van der Waals surface area contributed by atoms with Crippen LogP contribution in [0.15, 0.2) is 42.6 Å². The molecule has 0 aromatic heterocycles. The molecule has 1 N–H and O–H groups in total. The summed E-state index contributed by atoms with van der Waals surface area (Å²) in [6.45, 7) is 5.03. The monoisotopic (exact) mass is 269 g/mol. The van der Waals surface area contributed by atoms with Crippen molar-refractivity contribution in [2.45, 2.75) is 12.8 Å². The number of carbonyl (C=O) groups is 1. The minimum atomic E-state index is -3.76. The zero-order valence-electron chi connectivity index (χ0n) is 10.00. The van der Waals surface area contributed by atoms with Crippen molar-refractivity contribution in [1.82, 2.24) is 5.48 Å². The molecule has 1 unspecified atom stereocenters. The Hall–Kier alpha value is -1.66. The van der Waals surface area contributed by atoms with Gasteiger partial charge in [-0.2, -0.15) is 12.7 Å². The van der Waals surface area contributed by atoms with Gasteiger partial charge in [-0.15, -0.1) is 0 Å². The smallest absolute Gasteiger partial charge is 0.288 e. The fourth-order valence-corrected chi connectivity index (χ4v) is 2.47. The van der Waals surface area contributed by atoms with Crippen molar-refractivity contribution in [3.05, 3.63) is 48.2 Å². The van der Waals surface area contributed by atoms with Crippen molar-refractivity contribution in [3.63, 3.8) is 0 Å². The summed E-state index contributed by atoms with van der Waals surface area (Å²) in [6.07, 6.45) is 0.371. The van der Waals surface area contributed by atoms with E-state index >= 15 is 0 Å². The van der Waals surface area contributed by atoms with Gasteiger partial charge in [0.2, 0.25) is 0 Å². The Morgan fingerprint density at radius 3 is 2.61 bits per heavy atom. The number of carbonyl (C=O) groups excluding carboxylic acids is 1. The molecule has 0 saturated heterocycles. The standard InChI is InChI=1S/C12H15NO4S/c1-10(12-6-4-3-5-7-12)9-18(15,16)17-13-11(2)8-14/h3-8,10,13H,2,9H2,1H3. The highest BCUT2D eigenvalue weighted by atomic mass is 32.2. The zero-order chi connectivity index (χ0) is 13.6. The number of rotatable bonds is 7. The van der Waals surface area contributed by atoms with Crippen molar-refractivity contribution >= 4 is 16.4 Å². The summed E-state index contributed by atoms with van der Waals surface area (Å²) in [6, 6.07) is 9.23. The van der Waals surface area contributed by atoms with Gasteiger partial charge in [0, 0.05) is 0 Å². The molecule has 1 aromatic carbocycles. The molecule has 0 fully saturated rings. The van der Waals surface area contributed by atoms with Crippen molar-refractivity contribution in [1.29, 1.82) is 0 Å². The number of aldehydes is 1. The lowest BCUT2D eigenvalue weighted by Crippen LogP contribution is -2.24. The van der Waals surface area contributed by atoms with Gasteiger partial charge in [0.25, 0.3) is 10.1 Å². The second-order valence-corrected chi connectivity index (χ2v) is 5.48. The minimum absolute atomic E-state index is 0.147. The Morgan fingerprint density at radius 1 is 1.44 bits per heavy atom. The molecular weight excluding hydrogens is 254 g/mol. The van der Waals surface area contributed by atoms with Crippen LogP contribution < -0.4 is 5.48 Å². The Kier molecular flexibility index (Phi) is 5.06. The average molecular weight is 269 g/mol. The number of benzene rings is 1. The predicted molar refractivity (Wildman–Crippen MR) is 68.1 cm³/mol. The van der Waals surface area contributed by atoms with Crippen LogP contribution in [0.2, 0.25) is 0 Å². The molecule has 0 aliphatic rings. The molecule has 1 aromatic rings. The molecule has 6 heteroatoms. The van der Waals surface area contributed by atoms with Crippen LogP contribution >= 0.6 is 0 Å². The highest BCUT2D eigenvalue weighted by Crippen LogP contribution is 2.17. The summed E-state index contributed by atoms with van der Waals surface area (Å²) in [5, 5.41) is 0. The SMILES string of the molecule is C=C(C=O)NOS(=O)(=O)CC(C)c1ccccc1. The van der Waals surface area contributed by atoms with Crippen LogP contribution in [0.3, 0.4) is 0 Å². The van der Waals surface area contributed by atoms with Crippen molar-refractivity contribution < 1.29 is 17.5 Å². The number of nitrogens with one attached hydrogen (secondary N) is 1. The maximum absolute atomic E-state index is 11.6. The van der Waals surface area contributed by atoms with Crippen LogP contribution in [0.5, 0.6) is 0 Å². The van der Waals surface area contributed by atoms with Gasteiger partial charge in [-0.1, -0.05) is 43.8 Å². The molecule has 0 aliphatic heterocycles. The summed E-state index contributed by atoms with van der Waals surface area (Å²) in [5.74, 6) is -0.390. The first kappa shape index (κ1) is 14.4. The van der Waals surface area contributed by atoms with Crippen LogP contribution in [0.25, 0.3) is 0 Å². The average Bonchev–Trinajstić information content (AvgIpc) is 2.36. The summed E-state index contributed by atoms with van der Waals surface area (Å²) < 4.78 is 27.7. The lowest BCUT2D eigenvalue weighted by molar-refractivity contribution is -0.105. The number of hydrogen-bond donors (Lipinski definition) is 1. The van der Waals surface area contributed by atoms with Gasteiger partial charge in [0.1, 0.15) is 0 Å². The minimum Gasteiger partial charge on any atom is -0.296 e.